The number of amides is 2. The van der Waals surface area contributed by atoms with E-state index in [1.54, 1.807) is 4.90 Å². The Morgan fingerprint density at radius 1 is 1.29 bits per heavy atom. The van der Waals surface area contributed by atoms with Gasteiger partial charge in [0.15, 0.2) is 0 Å². The van der Waals surface area contributed by atoms with Gasteiger partial charge in [-0.15, -0.1) is 0 Å². The quantitative estimate of drug-likeness (QED) is 0.793. The van der Waals surface area contributed by atoms with Crippen LogP contribution in [0.25, 0.3) is 11.0 Å². The van der Waals surface area contributed by atoms with E-state index in [-0.39, 0.29) is 6.03 Å². The number of nitrogens with one attached hydrogen (secondary N) is 1. The van der Waals surface area contributed by atoms with Crippen LogP contribution in [0.1, 0.15) is 26.6 Å². The number of rotatable bonds is 7. The van der Waals surface area contributed by atoms with Crippen LogP contribution in [0, 0.1) is 5.92 Å². The number of ether oxygens (including phenoxy) is 1. The number of hydrogen-bond donors (Lipinski definition) is 1. The summed E-state index contributed by atoms with van der Waals surface area (Å²) in [6, 6.07) is 8.36. The number of aryl methyl sites for hydroxylation is 1. The largest absolute Gasteiger partial charge is 0.379 e. The summed E-state index contributed by atoms with van der Waals surface area (Å²) in [5.74, 6) is 1.38. The summed E-state index contributed by atoms with van der Waals surface area (Å²) in [6.45, 7) is 11.9. The van der Waals surface area contributed by atoms with E-state index >= 15 is 0 Å². The Morgan fingerprint density at radius 2 is 2.00 bits per heavy atom. The van der Waals surface area contributed by atoms with Crippen LogP contribution >= 0.6 is 0 Å². The van der Waals surface area contributed by atoms with E-state index in [9.17, 15) is 4.79 Å². The lowest BCUT2D eigenvalue weighted by atomic mass is 10.0. The molecule has 1 aromatic heterocycles. The van der Waals surface area contributed by atoms with Gasteiger partial charge in [0.1, 0.15) is 5.82 Å². The molecule has 1 unspecified atom stereocenters. The fourth-order valence-electron chi connectivity index (χ4n) is 3.91. The van der Waals surface area contributed by atoms with Gasteiger partial charge in [-0.2, -0.15) is 0 Å². The molecule has 1 aromatic carbocycles. The Kier molecular flexibility index (Phi) is 6.91. The van der Waals surface area contributed by atoms with E-state index in [1.165, 1.54) is 0 Å². The maximum Gasteiger partial charge on any atom is 0.317 e. The van der Waals surface area contributed by atoms with E-state index in [1.807, 2.05) is 25.2 Å². The molecule has 7 nitrogen and oxygen atoms in total. The second-order valence-electron chi connectivity index (χ2n) is 7.76. The molecule has 3 rings (SSSR count). The van der Waals surface area contributed by atoms with Crippen molar-refractivity contribution in [1.29, 1.82) is 0 Å². The zero-order valence-corrected chi connectivity index (χ0v) is 17.5. The monoisotopic (exact) mass is 387 g/mol. The lowest BCUT2D eigenvalue weighted by Gasteiger charge is -2.37. The molecule has 0 bridgehead atoms. The van der Waals surface area contributed by atoms with E-state index in [2.05, 4.69) is 41.6 Å². The molecule has 2 amide bonds. The molecule has 0 aliphatic carbocycles. The van der Waals surface area contributed by atoms with Crippen LogP contribution in [0.2, 0.25) is 0 Å². The molecule has 1 N–H and O–H groups in total. The molecule has 1 aliphatic heterocycles. The van der Waals surface area contributed by atoms with E-state index in [4.69, 9.17) is 9.72 Å². The zero-order chi connectivity index (χ0) is 20.1. The molecule has 1 atom stereocenters. The Morgan fingerprint density at radius 3 is 2.68 bits per heavy atom. The van der Waals surface area contributed by atoms with Crippen molar-refractivity contribution in [2.45, 2.75) is 39.9 Å². The van der Waals surface area contributed by atoms with E-state index in [0.29, 0.717) is 25.0 Å². The van der Waals surface area contributed by atoms with Gasteiger partial charge in [0, 0.05) is 39.3 Å². The van der Waals surface area contributed by atoms with Gasteiger partial charge in [-0.3, -0.25) is 4.90 Å². The van der Waals surface area contributed by atoms with Gasteiger partial charge < -0.3 is 19.5 Å². The molecule has 1 fully saturated rings. The summed E-state index contributed by atoms with van der Waals surface area (Å²) in [5.41, 5.74) is 2.08. The van der Waals surface area contributed by atoms with Gasteiger partial charge in [0.25, 0.3) is 0 Å². The number of fused-ring (bicyclic) bond motifs is 1. The van der Waals surface area contributed by atoms with Crippen molar-refractivity contribution in [3.8, 4) is 0 Å². The minimum absolute atomic E-state index is 0.0615. The van der Waals surface area contributed by atoms with Crippen molar-refractivity contribution in [2.75, 3.05) is 39.9 Å². The lowest BCUT2D eigenvalue weighted by Crippen LogP contribution is -2.52. The smallest absolute Gasteiger partial charge is 0.317 e. The standard InChI is InChI=1S/C21H33N5O2/c1-5-26-18-9-7-6-8-17(18)23-20(26)15-24(4)21(27)22-14-19(16(2)3)25-10-12-28-13-11-25/h6-9,16,19H,5,10-15H2,1-4H3,(H,22,27). The van der Waals surface area contributed by atoms with Crippen LogP contribution in [0.4, 0.5) is 4.79 Å². The number of para-hydroxylation sites is 2. The normalized spacial score (nSPS) is 16.5. The van der Waals surface area contributed by atoms with Gasteiger partial charge in [-0.25, -0.2) is 9.78 Å². The van der Waals surface area contributed by atoms with Gasteiger partial charge in [-0.1, -0.05) is 26.0 Å². The highest BCUT2D eigenvalue weighted by atomic mass is 16.5. The Bertz CT molecular complexity index is 782. The number of hydrogen-bond acceptors (Lipinski definition) is 4. The lowest BCUT2D eigenvalue weighted by molar-refractivity contribution is 0.00697. The van der Waals surface area contributed by atoms with E-state index < -0.39 is 0 Å². The van der Waals surface area contributed by atoms with Crippen molar-refractivity contribution >= 4 is 17.1 Å². The summed E-state index contributed by atoms with van der Waals surface area (Å²) >= 11 is 0. The maximum atomic E-state index is 12.7. The van der Waals surface area contributed by atoms with Crippen molar-refractivity contribution < 1.29 is 9.53 Å². The summed E-state index contributed by atoms with van der Waals surface area (Å²) in [6.07, 6.45) is 0. The average Bonchev–Trinajstić information content (AvgIpc) is 3.05. The number of urea groups is 1. The number of aromatic nitrogens is 2. The van der Waals surface area contributed by atoms with Gasteiger partial charge in [-0.05, 0) is 25.0 Å². The van der Waals surface area contributed by atoms with Crippen LogP contribution in [0.3, 0.4) is 0 Å². The SMILES string of the molecule is CCn1c(CN(C)C(=O)NCC(C(C)C)N2CCOCC2)nc2ccccc21. The molecule has 0 saturated carbocycles. The summed E-state index contributed by atoms with van der Waals surface area (Å²) in [5, 5.41) is 3.12. The number of carbonyl (C=O) groups excluding carboxylic acids is 1. The number of carbonyl (C=O) groups is 1. The second-order valence-corrected chi connectivity index (χ2v) is 7.76. The highest BCUT2D eigenvalue weighted by molar-refractivity contribution is 5.76. The molecule has 2 aromatic rings. The summed E-state index contributed by atoms with van der Waals surface area (Å²) < 4.78 is 7.63. The minimum atomic E-state index is -0.0615. The van der Waals surface area contributed by atoms with Crippen molar-refractivity contribution in [3.63, 3.8) is 0 Å². The third-order valence-corrected chi connectivity index (χ3v) is 5.52. The third-order valence-electron chi connectivity index (χ3n) is 5.52. The molecule has 0 radical (unpaired) electrons. The predicted octanol–water partition coefficient (Wildman–Crippen LogP) is 2.55. The van der Waals surface area contributed by atoms with Crippen molar-refractivity contribution in [3.05, 3.63) is 30.1 Å². The van der Waals surface area contributed by atoms with Gasteiger partial charge in [0.2, 0.25) is 0 Å². The summed E-state index contributed by atoms with van der Waals surface area (Å²) in [4.78, 5) is 21.6. The Hall–Kier alpha value is -2.12. The van der Waals surface area contributed by atoms with Crippen LogP contribution in [0.5, 0.6) is 0 Å². The number of benzene rings is 1. The average molecular weight is 388 g/mol. The molecule has 1 aliphatic rings. The molecular weight excluding hydrogens is 354 g/mol. The number of nitrogens with zero attached hydrogens (tertiary/aromatic N) is 4. The predicted molar refractivity (Wildman–Crippen MR) is 111 cm³/mol. The topological polar surface area (TPSA) is 62.6 Å². The third kappa shape index (κ3) is 4.64. The van der Waals surface area contributed by atoms with E-state index in [0.717, 1.165) is 49.7 Å². The fraction of sp³-hybridized carbons (Fsp3) is 0.619. The molecule has 7 heteroatoms. The number of morpholine rings is 1. The second kappa shape index (κ2) is 9.39. The number of imidazole rings is 1. The fourth-order valence-corrected chi connectivity index (χ4v) is 3.91. The maximum absolute atomic E-state index is 12.7. The molecular formula is C21H33N5O2. The zero-order valence-electron chi connectivity index (χ0n) is 17.5. The highest BCUT2D eigenvalue weighted by Crippen LogP contribution is 2.17. The first-order valence-electron chi connectivity index (χ1n) is 10.3. The molecule has 28 heavy (non-hydrogen) atoms. The molecule has 2 heterocycles. The van der Waals surface area contributed by atoms with Gasteiger partial charge in [0.05, 0.1) is 30.8 Å². The first-order valence-corrected chi connectivity index (χ1v) is 10.3. The molecule has 154 valence electrons. The molecule has 1 saturated heterocycles. The first kappa shape index (κ1) is 20.6. The van der Waals surface area contributed by atoms with Crippen molar-refractivity contribution in [1.82, 2.24) is 24.7 Å². The Balaban J connectivity index is 1.61. The van der Waals surface area contributed by atoms with Crippen LogP contribution < -0.4 is 5.32 Å². The minimum Gasteiger partial charge on any atom is -0.379 e. The van der Waals surface area contributed by atoms with Crippen LogP contribution in [-0.2, 0) is 17.8 Å². The van der Waals surface area contributed by atoms with Gasteiger partial charge >= 0.3 is 6.03 Å². The highest BCUT2D eigenvalue weighted by Gasteiger charge is 2.25. The first-order chi connectivity index (χ1) is 13.5. The molecule has 0 spiro atoms. The Labute approximate surface area is 167 Å². The van der Waals surface area contributed by atoms with Crippen LogP contribution in [-0.4, -0.2) is 71.3 Å². The van der Waals surface area contributed by atoms with Crippen molar-refractivity contribution in [2.24, 2.45) is 5.92 Å². The van der Waals surface area contributed by atoms with Crippen LogP contribution in [0.15, 0.2) is 24.3 Å². The summed E-state index contributed by atoms with van der Waals surface area (Å²) in [7, 11) is 1.83.